The molecule has 2 saturated heterocycles. The number of nitrogens with zero attached hydrogens (tertiary/aromatic N) is 3. The van der Waals surface area contributed by atoms with Gasteiger partial charge in [0, 0.05) is 51.5 Å². The van der Waals surface area contributed by atoms with Crippen LogP contribution in [0.4, 0.5) is 0 Å². The van der Waals surface area contributed by atoms with Crippen LogP contribution in [0.1, 0.15) is 18.4 Å². The van der Waals surface area contributed by atoms with E-state index in [1.165, 1.54) is 12.8 Å². The molecule has 1 aliphatic carbocycles. The highest BCUT2D eigenvalue weighted by atomic mass is 16.5. The van der Waals surface area contributed by atoms with E-state index in [1.54, 1.807) is 20.4 Å². The van der Waals surface area contributed by atoms with Crippen molar-refractivity contribution < 1.29 is 14.3 Å². The van der Waals surface area contributed by atoms with Gasteiger partial charge in [0.25, 0.3) is 0 Å². The fourth-order valence-corrected chi connectivity index (χ4v) is 4.16. The number of carbonyl (C=O) groups is 1. The average Bonchev–Trinajstić information content (AvgIpc) is 3.44. The van der Waals surface area contributed by atoms with Crippen molar-refractivity contribution in [2.24, 2.45) is 5.92 Å². The zero-order valence-corrected chi connectivity index (χ0v) is 15.6. The minimum atomic E-state index is -0.154. The number of likely N-dealkylation sites (tertiary alicyclic amines) is 1. The molecule has 4 rings (SSSR count). The molecule has 1 aromatic rings. The molecular weight excluding hydrogens is 332 g/mol. The summed E-state index contributed by atoms with van der Waals surface area (Å²) in [4.78, 5) is 21.2. The number of hydrogen-bond donors (Lipinski definition) is 1. The predicted molar refractivity (Wildman–Crippen MR) is 96.9 cm³/mol. The highest BCUT2D eigenvalue weighted by Crippen LogP contribution is 2.36. The van der Waals surface area contributed by atoms with Gasteiger partial charge in [0.15, 0.2) is 0 Å². The zero-order valence-electron chi connectivity index (χ0n) is 15.6. The number of pyridine rings is 1. The van der Waals surface area contributed by atoms with Gasteiger partial charge in [-0.15, -0.1) is 0 Å². The highest BCUT2D eigenvalue weighted by molar-refractivity contribution is 5.81. The Hall–Kier alpha value is -1.70. The Morgan fingerprint density at radius 3 is 2.92 bits per heavy atom. The van der Waals surface area contributed by atoms with E-state index in [1.807, 2.05) is 6.07 Å². The zero-order chi connectivity index (χ0) is 18.1. The molecule has 1 spiro atoms. The molecule has 1 atom stereocenters. The monoisotopic (exact) mass is 360 g/mol. The lowest BCUT2D eigenvalue weighted by Crippen LogP contribution is -2.72. The number of carbonyl (C=O) groups excluding carboxylic acids is 1. The Bertz CT molecular complexity index is 658. The summed E-state index contributed by atoms with van der Waals surface area (Å²) in [6.45, 7) is 4.90. The van der Waals surface area contributed by atoms with Gasteiger partial charge >= 0.3 is 0 Å². The molecule has 3 heterocycles. The molecule has 2 aliphatic heterocycles. The standard InChI is InChI=1S/C19H28N4O3/c1-20-17(24)16-10-26-19(13-23(16)8-14-5-6-14)11-22(12-19)9-15-4-3-7-21-18(15)25-2/h3-4,7,14,16H,5-6,8-13H2,1-2H3,(H,20,24)/t16-/m0/s1. The van der Waals surface area contributed by atoms with Crippen LogP contribution in [0.2, 0.25) is 0 Å². The van der Waals surface area contributed by atoms with Crippen molar-refractivity contribution in [3.05, 3.63) is 23.9 Å². The second-order valence-corrected chi connectivity index (χ2v) is 7.81. The van der Waals surface area contributed by atoms with Crippen LogP contribution in [0.25, 0.3) is 0 Å². The van der Waals surface area contributed by atoms with Crippen molar-refractivity contribution in [3.63, 3.8) is 0 Å². The van der Waals surface area contributed by atoms with Gasteiger partial charge in [-0.3, -0.25) is 14.6 Å². The Kier molecular flexibility index (Phi) is 4.86. The predicted octanol–water partition coefficient (Wildman–Crippen LogP) is 0.501. The lowest BCUT2D eigenvalue weighted by atomic mass is 9.89. The summed E-state index contributed by atoms with van der Waals surface area (Å²) in [5.74, 6) is 1.51. The molecule has 7 nitrogen and oxygen atoms in total. The Labute approximate surface area is 154 Å². The Balaban J connectivity index is 1.37. The number of methoxy groups -OCH3 is 1. The number of nitrogens with one attached hydrogen (secondary N) is 1. The van der Waals surface area contributed by atoms with Gasteiger partial charge in [0.05, 0.1) is 13.7 Å². The molecule has 7 heteroatoms. The minimum Gasteiger partial charge on any atom is -0.481 e. The van der Waals surface area contributed by atoms with E-state index in [2.05, 4.69) is 26.2 Å². The van der Waals surface area contributed by atoms with E-state index in [0.29, 0.717) is 12.5 Å². The molecule has 0 aromatic carbocycles. The van der Waals surface area contributed by atoms with Crippen LogP contribution in [-0.4, -0.2) is 79.3 Å². The molecule has 142 valence electrons. The maximum absolute atomic E-state index is 12.2. The third-order valence-corrected chi connectivity index (χ3v) is 5.68. The first-order valence-corrected chi connectivity index (χ1v) is 9.42. The van der Waals surface area contributed by atoms with E-state index in [0.717, 1.165) is 44.2 Å². The first-order chi connectivity index (χ1) is 12.6. The van der Waals surface area contributed by atoms with Gasteiger partial charge in [-0.2, -0.15) is 0 Å². The van der Waals surface area contributed by atoms with Crippen molar-refractivity contribution >= 4 is 5.91 Å². The van der Waals surface area contributed by atoms with Crippen molar-refractivity contribution in [2.75, 3.05) is 46.9 Å². The van der Waals surface area contributed by atoms with Gasteiger partial charge in [-0.25, -0.2) is 4.98 Å². The summed E-state index contributed by atoms with van der Waals surface area (Å²) in [7, 11) is 3.36. The van der Waals surface area contributed by atoms with E-state index in [4.69, 9.17) is 9.47 Å². The van der Waals surface area contributed by atoms with Crippen LogP contribution in [-0.2, 0) is 16.1 Å². The van der Waals surface area contributed by atoms with Gasteiger partial charge in [0.2, 0.25) is 11.8 Å². The smallest absolute Gasteiger partial charge is 0.239 e. The van der Waals surface area contributed by atoms with Crippen LogP contribution in [0.5, 0.6) is 5.88 Å². The van der Waals surface area contributed by atoms with E-state index in [9.17, 15) is 4.79 Å². The maximum Gasteiger partial charge on any atom is 0.239 e. The van der Waals surface area contributed by atoms with Gasteiger partial charge < -0.3 is 14.8 Å². The third-order valence-electron chi connectivity index (χ3n) is 5.68. The van der Waals surface area contributed by atoms with E-state index >= 15 is 0 Å². The third kappa shape index (κ3) is 3.56. The first kappa shape index (κ1) is 17.7. The number of aromatic nitrogens is 1. The summed E-state index contributed by atoms with van der Waals surface area (Å²) in [6, 6.07) is 3.84. The van der Waals surface area contributed by atoms with Crippen molar-refractivity contribution in [1.82, 2.24) is 20.1 Å². The highest BCUT2D eigenvalue weighted by Gasteiger charge is 2.51. The largest absolute Gasteiger partial charge is 0.481 e. The lowest BCUT2D eigenvalue weighted by Gasteiger charge is -2.55. The quantitative estimate of drug-likeness (QED) is 0.797. The van der Waals surface area contributed by atoms with Crippen molar-refractivity contribution in [1.29, 1.82) is 0 Å². The Morgan fingerprint density at radius 2 is 2.23 bits per heavy atom. The van der Waals surface area contributed by atoms with Gasteiger partial charge in [0.1, 0.15) is 11.6 Å². The number of morpholine rings is 1. The first-order valence-electron chi connectivity index (χ1n) is 9.42. The second-order valence-electron chi connectivity index (χ2n) is 7.81. The molecular formula is C19H28N4O3. The van der Waals surface area contributed by atoms with Crippen LogP contribution < -0.4 is 10.1 Å². The summed E-state index contributed by atoms with van der Waals surface area (Å²) in [5, 5.41) is 2.78. The molecule has 0 unspecified atom stereocenters. The number of hydrogen-bond acceptors (Lipinski definition) is 6. The molecule has 3 aliphatic rings. The fourth-order valence-electron chi connectivity index (χ4n) is 4.16. The van der Waals surface area contributed by atoms with Crippen LogP contribution in [0.15, 0.2) is 18.3 Å². The normalized spacial score (nSPS) is 25.7. The molecule has 3 fully saturated rings. The summed E-state index contributed by atoms with van der Waals surface area (Å²) >= 11 is 0. The summed E-state index contributed by atoms with van der Waals surface area (Å²) < 4.78 is 11.6. The lowest BCUT2D eigenvalue weighted by molar-refractivity contribution is -0.203. The fraction of sp³-hybridized carbons (Fsp3) is 0.684. The number of amides is 1. The summed E-state index contributed by atoms with van der Waals surface area (Å²) in [5.41, 5.74) is 0.952. The van der Waals surface area contributed by atoms with Crippen LogP contribution in [0, 0.1) is 5.92 Å². The molecule has 1 aromatic heterocycles. The van der Waals surface area contributed by atoms with Gasteiger partial charge in [-0.05, 0) is 24.8 Å². The molecule has 1 amide bonds. The number of rotatable bonds is 6. The maximum atomic E-state index is 12.2. The number of likely N-dealkylation sites (N-methyl/N-ethyl adjacent to an activating group) is 1. The average molecular weight is 360 g/mol. The Morgan fingerprint density at radius 1 is 1.42 bits per heavy atom. The topological polar surface area (TPSA) is 66.9 Å². The van der Waals surface area contributed by atoms with Crippen LogP contribution in [0.3, 0.4) is 0 Å². The minimum absolute atomic E-state index is 0.0665. The van der Waals surface area contributed by atoms with E-state index < -0.39 is 0 Å². The number of ether oxygens (including phenoxy) is 2. The molecule has 0 bridgehead atoms. The van der Waals surface area contributed by atoms with Crippen LogP contribution >= 0.6 is 0 Å². The van der Waals surface area contributed by atoms with E-state index in [-0.39, 0.29) is 17.6 Å². The SMILES string of the molecule is CNC(=O)[C@@H]1COC2(CN(Cc3cccnc3OC)C2)CN1CC1CC1. The van der Waals surface area contributed by atoms with Crippen molar-refractivity contribution in [3.8, 4) is 5.88 Å². The molecule has 1 saturated carbocycles. The van der Waals surface area contributed by atoms with Gasteiger partial charge in [-0.1, -0.05) is 6.07 Å². The molecule has 0 radical (unpaired) electrons. The molecule has 26 heavy (non-hydrogen) atoms. The molecule has 1 N–H and O–H groups in total. The summed E-state index contributed by atoms with van der Waals surface area (Å²) in [6.07, 6.45) is 4.33. The second kappa shape index (κ2) is 7.13. The van der Waals surface area contributed by atoms with Crippen molar-refractivity contribution in [2.45, 2.75) is 31.0 Å².